The third-order valence-corrected chi connectivity index (χ3v) is 5.65. The number of ether oxygens (including phenoxy) is 1. The topological polar surface area (TPSA) is 81.5 Å². The van der Waals surface area contributed by atoms with Gasteiger partial charge < -0.3 is 4.74 Å². The minimum Gasteiger partial charge on any atom is -0.464 e. The molecule has 5 rings (SSSR count). The normalized spacial score (nSPS) is 12.9. The summed E-state index contributed by atoms with van der Waals surface area (Å²) in [5.41, 5.74) is 3.57. The Morgan fingerprint density at radius 3 is 2.18 bits per heavy atom. The molecule has 1 aromatic heterocycles. The Kier molecular flexibility index (Phi) is 5.44. The average Bonchev–Trinajstić information content (AvgIpc) is 3.34. The molecule has 1 aliphatic heterocycles. The summed E-state index contributed by atoms with van der Waals surface area (Å²) < 4.78 is 7.36. The number of fused-ring (bicyclic) bond motifs is 2. The number of aryl methyl sites for hydroxylation is 1. The molecule has 33 heavy (non-hydrogen) atoms. The number of nitrogens with zero attached hydrogens (tertiary/aromatic N) is 3. The lowest BCUT2D eigenvalue weighted by molar-refractivity contribution is -0.143. The fourth-order valence-electron chi connectivity index (χ4n) is 4.09. The van der Waals surface area contributed by atoms with Gasteiger partial charge in [0.25, 0.3) is 11.8 Å². The van der Waals surface area contributed by atoms with Crippen molar-refractivity contribution in [2.45, 2.75) is 12.8 Å². The van der Waals surface area contributed by atoms with Crippen molar-refractivity contribution >= 4 is 28.8 Å². The van der Waals surface area contributed by atoms with E-state index in [1.165, 1.54) is 0 Å². The summed E-state index contributed by atoms with van der Waals surface area (Å²) in [5.74, 6) is -0.357. The van der Waals surface area contributed by atoms with Crippen LogP contribution >= 0.6 is 0 Å². The molecule has 0 saturated heterocycles. The number of carbonyl (C=O) groups excluding carboxylic acids is 3. The van der Waals surface area contributed by atoms with Crippen LogP contribution in [0.15, 0.2) is 78.9 Å². The number of amides is 2. The van der Waals surface area contributed by atoms with Crippen LogP contribution in [0.25, 0.3) is 16.7 Å². The number of aromatic nitrogens is 2. The molecular weight excluding hydrogens is 418 g/mol. The number of para-hydroxylation sites is 3. The summed E-state index contributed by atoms with van der Waals surface area (Å²) in [4.78, 5) is 43.0. The van der Waals surface area contributed by atoms with Gasteiger partial charge in [-0.25, -0.2) is 4.98 Å². The highest BCUT2D eigenvalue weighted by Crippen LogP contribution is 2.23. The van der Waals surface area contributed by atoms with E-state index in [0.29, 0.717) is 17.5 Å². The van der Waals surface area contributed by atoms with Gasteiger partial charge in [-0.05, 0) is 36.4 Å². The van der Waals surface area contributed by atoms with Gasteiger partial charge in [-0.1, -0.05) is 42.5 Å². The molecule has 3 aromatic carbocycles. The van der Waals surface area contributed by atoms with Gasteiger partial charge in [-0.3, -0.25) is 23.9 Å². The zero-order valence-electron chi connectivity index (χ0n) is 17.8. The molecule has 0 fully saturated rings. The molecule has 7 nitrogen and oxygen atoms in total. The molecule has 0 N–H and O–H groups in total. The number of rotatable bonds is 7. The summed E-state index contributed by atoms with van der Waals surface area (Å²) in [6.07, 6.45) is 0.535. The van der Waals surface area contributed by atoms with E-state index in [2.05, 4.69) is 0 Å². The molecule has 0 bridgehead atoms. The van der Waals surface area contributed by atoms with Crippen molar-refractivity contribution in [2.75, 3.05) is 13.2 Å². The smallest absolute Gasteiger partial charge is 0.306 e. The number of carbonyl (C=O) groups is 3. The Bertz CT molecular complexity index is 1330. The SMILES string of the molecule is O=C(CCc1nc2ccccc2n1-c1ccccc1)OCCN1C(=O)c2ccccc2C1=O. The van der Waals surface area contributed by atoms with Gasteiger partial charge in [-0.2, -0.15) is 0 Å². The van der Waals surface area contributed by atoms with Crippen LogP contribution in [-0.2, 0) is 16.0 Å². The third-order valence-electron chi connectivity index (χ3n) is 5.65. The van der Waals surface area contributed by atoms with Gasteiger partial charge in [-0.15, -0.1) is 0 Å². The van der Waals surface area contributed by atoms with Gasteiger partial charge in [0.05, 0.1) is 35.1 Å². The molecule has 7 heteroatoms. The van der Waals surface area contributed by atoms with Crippen molar-refractivity contribution in [3.63, 3.8) is 0 Å². The summed E-state index contributed by atoms with van der Waals surface area (Å²) in [6, 6.07) is 24.4. The van der Waals surface area contributed by atoms with E-state index < -0.39 is 5.97 Å². The maximum Gasteiger partial charge on any atom is 0.306 e. The zero-order chi connectivity index (χ0) is 22.8. The number of imidazole rings is 1. The second-order valence-corrected chi connectivity index (χ2v) is 7.72. The first-order valence-electron chi connectivity index (χ1n) is 10.8. The van der Waals surface area contributed by atoms with E-state index in [9.17, 15) is 14.4 Å². The van der Waals surface area contributed by atoms with Crippen LogP contribution in [0.3, 0.4) is 0 Å². The lowest BCUT2D eigenvalue weighted by Crippen LogP contribution is -2.33. The number of hydrogen-bond acceptors (Lipinski definition) is 5. The van der Waals surface area contributed by atoms with E-state index >= 15 is 0 Å². The molecule has 164 valence electrons. The van der Waals surface area contributed by atoms with Crippen LogP contribution in [0.4, 0.5) is 0 Å². The Labute approximate surface area is 190 Å². The van der Waals surface area contributed by atoms with E-state index in [0.717, 1.165) is 27.4 Å². The number of hydrogen-bond donors (Lipinski definition) is 0. The summed E-state index contributed by atoms with van der Waals surface area (Å²) in [6.45, 7) is -0.0139. The highest BCUT2D eigenvalue weighted by molar-refractivity contribution is 6.21. The van der Waals surface area contributed by atoms with Gasteiger partial charge in [0, 0.05) is 12.1 Å². The fraction of sp³-hybridized carbons (Fsp3) is 0.154. The monoisotopic (exact) mass is 439 g/mol. The summed E-state index contributed by atoms with van der Waals surface area (Å²) >= 11 is 0. The largest absolute Gasteiger partial charge is 0.464 e. The number of benzene rings is 3. The molecular formula is C26H21N3O4. The lowest BCUT2D eigenvalue weighted by atomic mass is 10.1. The van der Waals surface area contributed by atoms with Crippen molar-refractivity contribution in [1.29, 1.82) is 0 Å². The van der Waals surface area contributed by atoms with Crippen LogP contribution in [0.5, 0.6) is 0 Å². The molecule has 0 spiro atoms. The van der Waals surface area contributed by atoms with E-state index in [-0.39, 0.29) is 31.4 Å². The van der Waals surface area contributed by atoms with Crippen LogP contribution in [0, 0.1) is 0 Å². The van der Waals surface area contributed by atoms with Crippen molar-refractivity contribution in [3.8, 4) is 5.69 Å². The highest BCUT2D eigenvalue weighted by Gasteiger charge is 2.34. The van der Waals surface area contributed by atoms with Crippen molar-refractivity contribution in [2.24, 2.45) is 0 Å². The Balaban J connectivity index is 1.22. The second-order valence-electron chi connectivity index (χ2n) is 7.72. The van der Waals surface area contributed by atoms with E-state index in [4.69, 9.17) is 9.72 Å². The molecule has 0 radical (unpaired) electrons. The van der Waals surface area contributed by atoms with Crippen molar-refractivity contribution in [3.05, 3.63) is 95.8 Å². The van der Waals surface area contributed by atoms with Crippen molar-refractivity contribution in [1.82, 2.24) is 14.5 Å². The average molecular weight is 439 g/mol. The summed E-state index contributed by atoms with van der Waals surface area (Å²) in [7, 11) is 0. The van der Waals surface area contributed by atoms with E-state index in [1.54, 1.807) is 24.3 Å². The predicted octanol–water partition coefficient (Wildman–Crippen LogP) is 3.80. The molecule has 0 aliphatic carbocycles. The molecule has 1 aliphatic rings. The predicted molar refractivity (Wildman–Crippen MR) is 122 cm³/mol. The van der Waals surface area contributed by atoms with Crippen molar-refractivity contribution < 1.29 is 19.1 Å². The Morgan fingerprint density at radius 2 is 1.45 bits per heavy atom. The van der Waals surface area contributed by atoms with Gasteiger partial charge >= 0.3 is 5.97 Å². The molecule has 2 heterocycles. The maximum absolute atomic E-state index is 12.4. The molecule has 0 unspecified atom stereocenters. The van der Waals surface area contributed by atoms with Crippen LogP contribution in [-0.4, -0.2) is 45.4 Å². The first kappa shape index (κ1) is 20.6. The minimum atomic E-state index is -0.404. The third kappa shape index (κ3) is 3.89. The molecule has 0 atom stereocenters. The fourth-order valence-corrected chi connectivity index (χ4v) is 4.09. The standard InChI is InChI=1S/C26H21N3O4/c30-24(33-17-16-28-25(31)19-10-4-5-11-20(19)26(28)32)15-14-23-27-21-12-6-7-13-22(21)29(23)18-8-2-1-3-9-18/h1-13H,14-17H2. The van der Waals surface area contributed by atoms with Gasteiger partial charge in [0.15, 0.2) is 0 Å². The zero-order valence-corrected chi connectivity index (χ0v) is 17.8. The molecule has 2 amide bonds. The first-order valence-corrected chi connectivity index (χ1v) is 10.8. The molecule has 4 aromatic rings. The second kappa shape index (κ2) is 8.70. The van der Waals surface area contributed by atoms with Gasteiger partial charge in [0.1, 0.15) is 12.4 Å². The highest BCUT2D eigenvalue weighted by atomic mass is 16.5. The Hall–Kier alpha value is -4.26. The summed E-state index contributed by atoms with van der Waals surface area (Å²) in [5, 5.41) is 0. The lowest BCUT2D eigenvalue weighted by Gasteiger charge is -2.14. The Morgan fingerprint density at radius 1 is 0.818 bits per heavy atom. The van der Waals surface area contributed by atoms with Gasteiger partial charge in [0.2, 0.25) is 0 Å². The first-order chi connectivity index (χ1) is 16.1. The van der Waals surface area contributed by atoms with Crippen LogP contribution in [0.2, 0.25) is 0 Å². The minimum absolute atomic E-state index is 0.0284. The molecule has 0 saturated carbocycles. The van der Waals surface area contributed by atoms with Crippen LogP contribution in [0.1, 0.15) is 33.0 Å². The quantitative estimate of drug-likeness (QED) is 0.323. The van der Waals surface area contributed by atoms with Crippen LogP contribution < -0.4 is 0 Å². The van der Waals surface area contributed by atoms with E-state index in [1.807, 2.05) is 59.2 Å². The maximum atomic E-state index is 12.4. The number of esters is 1. The number of imide groups is 1.